The van der Waals surface area contributed by atoms with Crippen molar-refractivity contribution in [3.05, 3.63) is 17.2 Å². The first-order valence-corrected chi connectivity index (χ1v) is 6.34. The van der Waals surface area contributed by atoms with Gasteiger partial charge >= 0.3 is 0 Å². The van der Waals surface area contributed by atoms with Crippen LogP contribution in [0.4, 0.5) is 0 Å². The summed E-state index contributed by atoms with van der Waals surface area (Å²) in [7, 11) is 5.11. The molecule has 0 spiro atoms. The molecule has 0 amide bonds. The Hall–Kier alpha value is -1.42. The maximum atomic E-state index is 10.4. The topological polar surface area (TPSA) is 50.7 Å². The summed E-state index contributed by atoms with van der Waals surface area (Å²) >= 11 is 0. The molecule has 1 aromatic carbocycles. The third-order valence-electron chi connectivity index (χ3n) is 3.70. The smallest absolute Gasteiger partial charge is 0.203 e. The number of aromatic hydroxyl groups is 1. The largest absolute Gasteiger partial charge is 0.504 e. The van der Waals surface area contributed by atoms with Crippen molar-refractivity contribution in [1.29, 1.82) is 0 Å². The molecule has 1 aromatic rings. The highest BCUT2D eigenvalue weighted by molar-refractivity contribution is 5.58. The lowest BCUT2D eigenvalue weighted by Gasteiger charge is -2.18. The molecule has 2 rings (SSSR count). The van der Waals surface area contributed by atoms with Gasteiger partial charge in [-0.3, -0.25) is 0 Å². The van der Waals surface area contributed by atoms with Crippen LogP contribution in [-0.2, 0) is 12.8 Å². The van der Waals surface area contributed by atoms with E-state index in [4.69, 9.17) is 9.47 Å². The van der Waals surface area contributed by atoms with Gasteiger partial charge in [-0.05, 0) is 44.4 Å². The van der Waals surface area contributed by atoms with E-state index in [0.717, 1.165) is 31.2 Å². The molecule has 0 heterocycles. The van der Waals surface area contributed by atoms with Crippen molar-refractivity contribution < 1.29 is 14.6 Å². The van der Waals surface area contributed by atoms with Gasteiger partial charge in [-0.25, -0.2) is 0 Å². The summed E-state index contributed by atoms with van der Waals surface area (Å²) in [6.07, 6.45) is 4.04. The Morgan fingerprint density at radius 1 is 1.33 bits per heavy atom. The first-order valence-electron chi connectivity index (χ1n) is 6.34. The van der Waals surface area contributed by atoms with E-state index in [1.54, 1.807) is 14.2 Å². The number of phenolic OH excluding ortho intramolecular Hbond substituents is 1. The van der Waals surface area contributed by atoms with Crippen molar-refractivity contribution in [1.82, 2.24) is 5.32 Å². The van der Waals surface area contributed by atoms with Gasteiger partial charge in [-0.15, -0.1) is 0 Å². The van der Waals surface area contributed by atoms with Crippen LogP contribution in [0.5, 0.6) is 17.2 Å². The molecule has 1 atom stereocenters. The molecule has 0 fully saturated rings. The van der Waals surface area contributed by atoms with Gasteiger partial charge in [0.25, 0.3) is 0 Å². The van der Waals surface area contributed by atoms with Crippen LogP contribution in [0.2, 0.25) is 0 Å². The third kappa shape index (κ3) is 2.25. The van der Waals surface area contributed by atoms with Gasteiger partial charge in [0.1, 0.15) is 0 Å². The van der Waals surface area contributed by atoms with Crippen molar-refractivity contribution in [2.45, 2.75) is 31.7 Å². The van der Waals surface area contributed by atoms with E-state index in [1.165, 1.54) is 5.56 Å². The van der Waals surface area contributed by atoms with Crippen LogP contribution in [0.25, 0.3) is 0 Å². The highest BCUT2D eigenvalue weighted by Gasteiger charge is 2.23. The minimum atomic E-state index is 0.231. The van der Waals surface area contributed by atoms with Gasteiger partial charge in [0, 0.05) is 11.6 Å². The molecule has 0 bridgehead atoms. The number of rotatable bonds is 3. The Balaban J connectivity index is 2.49. The molecule has 0 aromatic heterocycles. The zero-order valence-corrected chi connectivity index (χ0v) is 11.2. The normalized spacial score (nSPS) is 18.9. The lowest BCUT2D eigenvalue weighted by atomic mass is 9.99. The van der Waals surface area contributed by atoms with Crippen LogP contribution in [-0.4, -0.2) is 32.4 Å². The summed E-state index contributed by atoms with van der Waals surface area (Å²) in [6.45, 7) is 0. The summed E-state index contributed by atoms with van der Waals surface area (Å²) in [4.78, 5) is 0. The van der Waals surface area contributed by atoms with E-state index < -0.39 is 0 Å². The maximum absolute atomic E-state index is 10.4. The Bertz CT molecular complexity index is 432. The molecular weight excluding hydrogens is 230 g/mol. The number of ether oxygens (including phenoxy) is 2. The summed E-state index contributed by atoms with van der Waals surface area (Å²) in [5.74, 6) is 1.28. The van der Waals surface area contributed by atoms with Gasteiger partial charge in [-0.1, -0.05) is 0 Å². The number of methoxy groups -OCH3 is 2. The van der Waals surface area contributed by atoms with Gasteiger partial charge in [0.05, 0.1) is 14.2 Å². The Morgan fingerprint density at radius 3 is 2.72 bits per heavy atom. The zero-order chi connectivity index (χ0) is 13.1. The summed E-state index contributed by atoms with van der Waals surface area (Å²) in [5.41, 5.74) is 2.16. The fourth-order valence-corrected chi connectivity index (χ4v) is 2.65. The highest BCUT2D eigenvalue weighted by atomic mass is 16.5. The fraction of sp³-hybridized carbons (Fsp3) is 0.571. The van der Waals surface area contributed by atoms with Crippen LogP contribution in [0.15, 0.2) is 6.07 Å². The number of nitrogens with one attached hydrogen (secondary N) is 1. The molecule has 0 aliphatic heterocycles. The second kappa shape index (κ2) is 5.48. The first-order chi connectivity index (χ1) is 8.71. The van der Waals surface area contributed by atoms with E-state index in [9.17, 15) is 5.11 Å². The van der Waals surface area contributed by atoms with Crippen LogP contribution < -0.4 is 14.8 Å². The van der Waals surface area contributed by atoms with E-state index in [1.807, 2.05) is 13.1 Å². The standard InChI is InChI=1S/C14H21NO3/c1-15-10-6-4-5-9-7-12(17-2)14(18-3)13(16)11(9)8-10/h7,10,15-16H,4-6,8H2,1-3H3. The van der Waals surface area contributed by atoms with Gasteiger partial charge in [-0.2, -0.15) is 0 Å². The molecule has 4 nitrogen and oxygen atoms in total. The van der Waals surface area contributed by atoms with Crippen molar-refractivity contribution in [2.24, 2.45) is 0 Å². The molecule has 100 valence electrons. The maximum Gasteiger partial charge on any atom is 0.203 e. The molecule has 1 aliphatic rings. The number of hydrogen-bond donors (Lipinski definition) is 2. The number of hydrogen-bond acceptors (Lipinski definition) is 4. The van der Waals surface area contributed by atoms with Gasteiger partial charge < -0.3 is 19.9 Å². The van der Waals surface area contributed by atoms with Crippen LogP contribution in [0.3, 0.4) is 0 Å². The fourth-order valence-electron chi connectivity index (χ4n) is 2.65. The minimum absolute atomic E-state index is 0.231. The molecule has 1 aliphatic carbocycles. The number of fused-ring (bicyclic) bond motifs is 1. The molecule has 0 saturated carbocycles. The molecule has 0 saturated heterocycles. The monoisotopic (exact) mass is 251 g/mol. The summed E-state index contributed by atoms with van der Waals surface area (Å²) in [6, 6.07) is 2.40. The average Bonchev–Trinajstić information content (AvgIpc) is 2.60. The van der Waals surface area contributed by atoms with E-state index in [2.05, 4.69) is 5.32 Å². The Morgan fingerprint density at radius 2 is 2.11 bits per heavy atom. The Labute approximate surface area is 108 Å². The van der Waals surface area contributed by atoms with Crippen molar-refractivity contribution in [2.75, 3.05) is 21.3 Å². The summed E-state index contributed by atoms with van der Waals surface area (Å²) in [5, 5.41) is 13.6. The molecule has 18 heavy (non-hydrogen) atoms. The van der Waals surface area contributed by atoms with E-state index in [-0.39, 0.29) is 5.75 Å². The number of likely N-dealkylation sites (N-methyl/N-ethyl adjacent to an activating group) is 1. The van der Waals surface area contributed by atoms with Crippen LogP contribution in [0, 0.1) is 0 Å². The minimum Gasteiger partial charge on any atom is -0.504 e. The Kier molecular flexibility index (Phi) is 3.97. The van der Waals surface area contributed by atoms with Crippen molar-refractivity contribution in [3.63, 3.8) is 0 Å². The predicted molar refractivity (Wildman–Crippen MR) is 70.7 cm³/mol. The van der Waals surface area contributed by atoms with E-state index in [0.29, 0.717) is 17.5 Å². The second-order valence-electron chi connectivity index (χ2n) is 4.68. The average molecular weight is 251 g/mol. The second-order valence-corrected chi connectivity index (χ2v) is 4.68. The third-order valence-corrected chi connectivity index (χ3v) is 3.70. The molecule has 2 N–H and O–H groups in total. The number of benzene rings is 1. The van der Waals surface area contributed by atoms with Crippen LogP contribution >= 0.6 is 0 Å². The molecule has 1 unspecified atom stereocenters. The lowest BCUT2D eigenvalue weighted by Crippen LogP contribution is -2.26. The predicted octanol–water partition coefficient (Wildman–Crippen LogP) is 1.88. The lowest BCUT2D eigenvalue weighted by molar-refractivity contribution is 0.330. The number of aryl methyl sites for hydroxylation is 1. The molecule has 4 heteroatoms. The van der Waals surface area contributed by atoms with Gasteiger partial charge in [0.2, 0.25) is 5.75 Å². The van der Waals surface area contributed by atoms with Crippen LogP contribution in [0.1, 0.15) is 24.0 Å². The van der Waals surface area contributed by atoms with Gasteiger partial charge in [0.15, 0.2) is 11.5 Å². The number of phenols is 1. The highest BCUT2D eigenvalue weighted by Crippen LogP contribution is 2.43. The SMILES string of the molecule is CNC1CCCc2cc(OC)c(OC)c(O)c2C1. The molecular formula is C14H21NO3. The molecule has 0 radical (unpaired) electrons. The van der Waals surface area contributed by atoms with E-state index >= 15 is 0 Å². The van der Waals surface area contributed by atoms with Crippen molar-refractivity contribution >= 4 is 0 Å². The van der Waals surface area contributed by atoms with Crippen molar-refractivity contribution in [3.8, 4) is 17.2 Å². The summed E-state index contributed by atoms with van der Waals surface area (Å²) < 4.78 is 10.5. The quantitative estimate of drug-likeness (QED) is 0.805. The first kappa shape index (κ1) is 13.0. The zero-order valence-electron chi connectivity index (χ0n) is 11.2.